The monoisotopic (exact) mass is 216 g/mol. The standard InChI is InChI=1S/C14H20N2/c1-12-4-5-13(10-15-12)16-9-8-14(11-16)6-2-3-7-14/h4-5,10H,2-3,6-9,11H2,1H3. The highest BCUT2D eigenvalue weighted by molar-refractivity contribution is 5.46. The van der Waals surface area contributed by atoms with Gasteiger partial charge < -0.3 is 4.90 Å². The Labute approximate surface area is 97.7 Å². The summed E-state index contributed by atoms with van der Waals surface area (Å²) >= 11 is 0. The smallest absolute Gasteiger partial charge is 0.0553 e. The van der Waals surface area contributed by atoms with Gasteiger partial charge in [0.15, 0.2) is 0 Å². The second kappa shape index (κ2) is 3.76. The summed E-state index contributed by atoms with van der Waals surface area (Å²) in [5.74, 6) is 0. The Hall–Kier alpha value is -1.05. The van der Waals surface area contributed by atoms with Crippen molar-refractivity contribution < 1.29 is 0 Å². The molecule has 2 fully saturated rings. The molecule has 2 heterocycles. The van der Waals surface area contributed by atoms with Crippen molar-refractivity contribution >= 4 is 5.69 Å². The Morgan fingerprint density at radius 1 is 1.19 bits per heavy atom. The van der Waals surface area contributed by atoms with E-state index in [4.69, 9.17) is 0 Å². The van der Waals surface area contributed by atoms with Crippen LogP contribution in [0.25, 0.3) is 0 Å². The molecule has 16 heavy (non-hydrogen) atoms. The fraction of sp³-hybridized carbons (Fsp3) is 0.643. The van der Waals surface area contributed by atoms with Crippen molar-refractivity contribution in [3.05, 3.63) is 24.0 Å². The minimum Gasteiger partial charge on any atom is -0.370 e. The van der Waals surface area contributed by atoms with Gasteiger partial charge in [-0.05, 0) is 43.7 Å². The van der Waals surface area contributed by atoms with Crippen LogP contribution >= 0.6 is 0 Å². The van der Waals surface area contributed by atoms with Crippen molar-refractivity contribution in [2.45, 2.75) is 39.0 Å². The first-order chi connectivity index (χ1) is 7.77. The molecule has 1 aliphatic carbocycles. The van der Waals surface area contributed by atoms with Crippen molar-refractivity contribution in [3.8, 4) is 0 Å². The molecule has 1 saturated carbocycles. The third-order valence-corrected chi connectivity index (χ3v) is 4.36. The van der Waals surface area contributed by atoms with Gasteiger partial charge in [-0.1, -0.05) is 12.8 Å². The molecule has 1 saturated heterocycles. The summed E-state index contributed by atoms with van der Waals surface area (Å²) in [6, 6.07) is 4.34. The molecule has 0 N–H and O–H groups in total. The third-order valence-electron chi connectivity index (χ3n) is 4.36. The van der Waals surface area contributed by atoms with Crippen molar-refractivity contribution in [1.82, 2.24) is 4.98 Å². The van der Waals surface area contributed by atoms with Crippen molar-refractivity contribution in [1.29, 1.82) is 0 Å². The van der Waals surface area contributed by atoms with Gasteiger partial charge >= 0.3 is 0 Å². The molecule has 1 aliphatic heterocycles. The van der Waals surface area contributed by atoms with E-state index in [9.17, 15) is 0 Å². The van der Waals surface area contributed by atoms with E-state index in [2.05, 4.69) is 22.0 Å². The summed E-state index contributed by atoms with van der Waals surface area (Å²) in [4.78, 5) is 6.92. The Bertz CT molecular complexity index is 363. The van der Waals surface area contributed by atoms with Gasteiger partial charge in [-0.3, -0.25) is 4.98 Å². The Balaban J connectivity index is 1.75. The summed E-state index contributed by atoms with van der Waals surface area (Å²) in [7, 11) is 0. The second-order valence-electron chi connectivity index (χ2n) is 5.54. The van der Waals surface area contributed by atoms with Gasteiger partial charge in [-0.15, -0.1) is 0 Å². The van der Waals surface area contributed by atoms with Crippen molar-refractivity contribution in [2.24, 2.45) is 5.41 Å². The zero-order chi connectivity index (χ0) is 11.0. The summed E-state index contributed by atoms with van der Waals surface area (Å²) in [5, 5.41) is 0. The van der Waals surface area contributed by atoms with Crippen LogP contribution < -0.4 is 4.90 Å². The maximum atomic E-state index is 4.40. The van der Waals surface area contributed by atoms with Crippen molar-refractivity contribution in [2.75, 3.05) is 18.0 Å². The molecule has 1 spiro atoms. The molecule has 3 rings (SSSR count). The number of aromatic nitrogens is 1. The van der Waals surface area contributed by atoms with Crippen LogP contribution in [0.1, 0.15) is 37.8 Å². The number of nitrogens with zero attached hydrogens (tertiary/aromatic N) is 2. The third kappa shape index (κ3) is 1.70. The molecule has 2 heteroatoms. The van der Waals surface area contributed by atoms with Crippen LogP contribution in [0.4, 0.5) is 5.69 Å². The quantitative estimate of drug-likeness (QED) is 0.717. The fourth-order valence-corrected chi connectivity index (χ4v) is 3.34. The molecular weight excluding hydrogens is 196 g/mol. The van der Waals surface area contributed by atoms with E-state index in [1.54, 1.807) is 0 Å². The SMILES string of the molecule is Cc1ccc(N2CCC3(CCCC3)C2)cn1. The maximum Gasteiger partial charge on any atom is 0.0553 e. The average Bonchev–Trinajstić information content (AvgIpc) is 2.91. The molecule has 0 aromatic carbocycles. The summed E-state index contributed by atoms with van der Waals surface area (Å²) < 4.78 is 0. The van der Waals surface area contributed by atoms with Gasteiger partial charge in [0.05, 0.1) is 11.9 Å². The Morgan fingerprint density at radius 3 is 2.69 bits per heavy atom. The molecule has 0 radical (unpaired) electrons. The first-order valence-corrected chi connectivity index (χ1v) is 6.45. The van der Waals surface area contributed by atoms with E-state index in [0.717, 1.165) is 5.69 Å². The molecule has 0 amide bonds. The normalized spacial score (nSPS) is 23.2. The zero-order valence-corrected chi connectivity index (χ0v) is 10.1. The van der Waals surface area contributed by atoms with Crippen molar-refractivity contribution in [3.63, 3.8) is 0 Å². The molecule has 2 nitrogen and oxygen atoms in total. The fourth-order valence-electron chi connectivity index (χ4n) is 3.34. The van der Waals surface area contributed by atoms with Gasteiger partial charge in [-0.2, -0.15) is 0 Å². The molecule has 1 aromatic rings. The lowest BCUT2D eigenvalue weighted by Gasteiger charge is -2.24. The Kier molecular flexibility index (Phi) is 2.38. The van der Waals surface area contributed by atoms with E-state index < -0.39 is 0 Å². The van der Waals surface area contributed by atoms with Gasteiger partial charge in [-0.25, -0.2) is 0 Å². The molecule has 1 aromatic heterocycles. The lowest BCUT2D eigenvalue weighted by molar-refractivity contribution is 0.341. The van der Waals surface area contributed by atoms with Gasteiger partial charge in [0.2, 0.25) is 0 Å². The molecule has 2 aliphatic rings. The van der Waals surface area contributed by atoms with E-state index >= 15 is 0 Å². The van der Waals surface area contributed by atoms with Crippen LogP contribution in [-0.2, 0) is 0 Å². The van der Waals surface area contributed by atoms with Crippen LogP contribution in [-0.4, -0.2) is 18.1 Å². The lowest BCUT2D eigenvalue weighted by atomic mass is 9.86. The highest BCUT2D eigenvalue weighted by atomic mass is 15.2. The summed E-state index contributed by atoms with van der Waals surface area (Å²) in [6.45, 7) is 4.54. The van der Waals surface area contributed by atoms with Crippen LogP contribution in [0.2, 0.25) is 0 Å². The number of hydrogen-bond acceptors (Lipinski definition) is 2. The second-order valence-corrected chi connectivity index (χ2v) is 5.54. The minimum atomic E-state index is 0.658. The van der Waals surface area contributed by atoms with E-state index in [0.29, 0.717) is 5.41 Å². The van der Waals surface area contributed by atoms with Gasteiger partial charge in [0, 0.05) is 18.8 Å². The number of anilines is 1. The zero-order valence-electron chi connectivity index (χ0n) is 10.1. The summed E-state index contributed by atoms with van der Waals surface area (Å²) in [5.41, 5.74) is 3.08. The number of aryl methyl sites for hydroxylation is 1. The molecule has 0 unspecified atom stereocenters. The summed E-state index contributed by atoms with van der Waals surface area (Å²) in [6.07, 6.45) is 9.20. The largest absolute Gasteiger partial charge is 0.370 e. The van der Waals surface area contributed by atoms with Crippen LogP contribution in [0.5, 0.6) is 0 Å². The predicted molar refractivity (Wildman–Crippen MR) is 66.7 cm³/mol. The highest BCUT2D eigenvalue weighted by Gasteiger charge is 2.40. The average molecular weight is 216 g/mol. The highest BCUT2D eigenvalue weighted by Crippen LogP contribution is 2.46. The van der Waals surface area contributed by atoms with E-state index in [1.165, 1.54) is 50.9 Å². The van der Waals surface area contributed by atoms with Crippen LogP contribution in [0.3, 0.4) is 0 Å². The molecular formula is C14H20N2. The number of rotatable bonds is 1. The topological polar surface area (TPSA) is 16.1 Å². The van der Waals surface area contributed by atoms with Crippen LogP contribution in [0.15, 0.2) is 18.3 Å². The van der Waals surface area contributed by atoms with Gasteiger partial charge in [0.1, 0.15) is 0 Å². The van der Waals surface area contributed by atoms with E-state index in [-0.39, 0.29) is 0 Å². The molecule has 0 bridgehead atoms. The maximum absolute atomic E-state index is 4.40. The van der Waals surface area contributed by atoms with E-state index in [1.807, 2.05) is 13.1 Å². The van der Waals surface area contributed by atoms with Crippen LogP contribution in [0, 0.1) is 12.3 Å². The number of pyridine rings is 1. The first-order valence-electron chi connectivity index (χ1n) is 6.45. The molecule has 0 atom stereocenters. The Morgan fingerprint density at radius 2 is 2.00 bits per heavy atom. The first kappa shape index (κ1) is 10.1. The van der Waals surface area contributed by atoms with Gasteiger partial charge in [0.25, 0.3) is 0 Å². The lowest BCUT2D eigenvalue weighted by Crippen LogP contribution is -2.24. The predicted octanol–water partition coefficient (Wildman–Crippen LogP) is 3.16. The number of hydrogen-bond donors (Lipinski definition) is 0. The minimum absolute atomic E-state index is 0.658. The molecule has 86 valence electrons.